The summed E-state index contributed by atoms with van der Waals surface area (Å²) in [6, 6.07) is 13.0. The molecule has 0 aromatic heterocycles. The van der Waals surface area contributed by atoms with Crippen molar-refractivity contribution in [2.45, 2.75) is 5.60 Å². The van der Waals surface area contributed by atoms with E-state index in [9.17, 15) is 15.0 Å². The Morgan fingerprint density at radius 2 is 1.36 bits per heavy atom. The predicted molar refractivity (Wildman–Crippen MR) is 111 cm³/mol. The van der Waals surface area contributed by atoms with E-state index in [1.807, 2.05) is 12.1 Å². The number of fused-ring (bicyclic) bond motifs is 6. The average molecular weight is 530 g/mol. The first-order valence-electron chi connectivity index (χ1n) is 7.98. The summed E-state index contributed by atoms with van der Waals surface area (Å²) in [7, 11) is 0. The van der Waals surface area contributed by atoms with Gasteiger partial charge < -0.3 is 19.7 Å². The fourth-order valence-corrected chi connectivity index (χ4v) is 4.56. The van der Waals surface area contributed by atoms with Gasteiger partial charge in [-0.1, -0.05) is 6.07 Å². The molecule has 0 saturated carbocycles. The Morgan fingerprint density at radius 1 is 0.821 bits per heavy atom. The third-order valence-corrected chi connectivity index (χ3v) is 6.85. The SMILES string of the molecule is O=C1OC2(c3ccc(O)cc3Oc3cc(O)ccc32)c2ccc(Br)c(Br)c21.[KH]. The van der Waals surface area contributed by atoms with Crippen molar-refractivity contribution in [2.24, 2.45) is 0 Å². The summed E-state index contributed by atoms with van der Waals surface area (Å²) in [5.74, 6) is 0.279. The maximum atomic E-state index is 12.9. The van der Waals surface area contributed by atoms with Crippen molar-refractivity contribution in [3.05, 3.63) is 79.7 Å². The van der Waals surface area contributed by atoms with E-state index in [0.29, 0.717) is 38.2 Å². The first kappa shape index (κ1) is 20.4. The predicted octanol–water partition coefficient (Wildman–Crippen LogP) is 4.54. The molecule has 2 aliphatic heterocycles. The first-order valence-corrected chi connectivity index (χ1v) is 9.57. The van der Waals surface area contributed by atoms with Crippen LogP contribution >= 0.6 is 31.9 Å². The second-order valence-corrected chi connectivity index (χ2v) is 7.96. The van der Waals surface area contributed by atoms with Crippen LogP contribution in [0.25, 0.3) is 0 Å². The standard InChI is InChI=1S/C20H10Br2O5.K.H/c21-14-6-5-13-17(18(14)22)19(25)27-20(13)11-3-1-9(23)7-15(11)26-16-8-10(24)2-4-12(16)20;;/h1-8,23-24H;;. The number of aromatic hydroxyl groups is 2. The molecule has 0 amide bonds. The van der Waals surface area contributed by atoms with Gasteiger partial charge in [-0.25, -0.2) is 4.79 Å². The topological polar surface area (TPSA) is 76.0 Å². The zero-order chi connectivity index (χ0) is 18.9. The van der Waals surface area contributed by atoms with Gasteiger partial charge in [-0.15, -0.1) is 0 Å². The van der Waals surface area contributed by atoms with E-state index in [1.54, 1.807) is 12.1 Å². The van der Waals surface area contributed by atoms with Crippen molar-refractivity contribution in [1.29, 1.82) is 0 Å². The molecule has 3 aromatic rings. The molecule has 28 heavy (non-hydrogen) atoms. The molecule has 8 heteroatoms. The molecule has 2 N–H and O–H groups in total. The Kier molecular flexibility index (Phi) is 5.19. The van der Waals surface area contributed by atoms with Crippen molar-refractivity contribution in [1.82, 2.24) is 0 Å². The number of benzene rings is 3. The molecule has 0 radical (unpaired) electrons. The summed E-state index contributed by atoms with van der Waals surface area (Å²) in [6.45, 7) is 0. The van der Waals surface area contributed by atoms with Gasteiger partial charge in [-0.3, -0.25) is 0 Å². The normalized spacial score (nSPS) is 15.0. The molecule has 0 bridgehead atoms. The summed E-state index contributed by atoms with van der Waals surface area (Å²) >= 11 is 6.89. The van der Waals surface area contributed by atoms with Gasteiger partial charge >= 0.3 is 57.4 Å². The van der Waals surface area contributed by atoms with Crippen molar-refractivity contribution < 1.29 is 24.5 Å². The zero-order valence-corrected chi connectivity index (χ0v) is 16.7. The molecule has 136 valence electrons. The maximum absolute atomic E-state index is 12.9. The molecule has 0 unspecified atom stereocenters. The first-order chi connectivity index (χ1) is 12.9. The van der Waals surface area contributed by atoms with Crippen LogP contribution in [0.2, 0.25) is 0 Å². The van der Waals surface area contributed by atoms with Gasteiger partial charge in [0.25, 0.3) is 0 Å². The molecule has 1 spiro atoms. The van der Waals surface area contributed by atoms with Crippen LogP contribution in [0.4, 0.5) is 0 Å². The second-order valence-electron chi connectivity index (χ2n) is 6.32. The van der Waals surface area contributed by atoms with Gasteiger partial charge in [0.1, 0.15) is 23.0 Å². The van der Waals surface area contributed by atoms with E-state index in [-0.39, 0.29) is 62.9 Å². The average Bonchev–Trinajstić information content (AvgIpc) is 2.91. The van der Waals surface area contributed by atoms with Crippen LogP contribution in [0.5, 0.6) is 23.0 Å². The van der Waals surface area contributed by atoms with Crippen LogP contribution in [-0.4, -0.2) is 67.6 Å². The number of rotatable bonds is 0. The van der Waals surface area contributed by atoms with Crippen LogP contribution in [0.3, 0.4) is 0 Å². The summed E-state index contributed by atoms with van der Waals surface area (Å²) in [5, 5.41) is 19.8. The molecule has 5 nitrogen and oxygen atoms in total. The van der Waals surface area contributed by atoms with Crippen LogP contribution in [0.1, 0.15) is 27.0 Å². The zero-order valence-electron chi connectivity index (χ0n) is 13.5. The van der Waals surface area contributed by atoms with Gasteiger partial charge in [-0.2, -0.15) is 0 Å². The minimum atomic E-state index is -1.24. The number of carbonyl (C=O) groups excluding carboxylic acids is 1. The quantitative estimate of drug-likeness (QED) is 0.330. The summed E-state index contributed by atoms with van der Waals surface area (Å²) in [5.41, 5.74) is 1.04. The molecular weight excluding hydrogens is 519 g/mol. The molecule has 0 saturated heterocycles. The van der Waals surface area contributed by atoms with Crippen molar-refractivity contribution in [3.8, 4) is 23.0 Å². The Hall–Kier alpha value is -0.874. The Balaban J connectivity index is 0.00000192. The van der Waals surface area contributed by atoms with E-state index in [0.717, 1.165) is 4.47 Å². The number of phenolic OH excluding ortho intramolecular Hbond substituents is 2. The fraction of sp³-hybridized carbons (Fsp3) is 0.0500. The van der Waals surface area contributed by atoms with Crippen LogP contribution < -0.4 is 4.74 Å². The monoisotopic (exact) mass is 528 g/mol. The van der Waals surface area contributed by atoms with Gasteiger partial charge in [0.15, 0.2) is 5.60 Å². The molecular formula is C20H11Br2KO5. The number of ether oxygens (including phenoxy) is 2. The van der Waals surface area contributed by atoms with Crippen molar-refractivity contribution in [2.75, 3.05) is 0 Å². The Bertz CT molecular complexity index is 1110. The third-order valence-electron chi connectivity index (χ3n) is 4.83. The third kappa shape index (κ3) is 2.74. The number of phenols is 2. The van der Waals surface area contributed by atoms with Crippen LogP contribution in [0.15, 0.2) is 57.5 Å². The van der Waals surface area contributed by atoms with Crippen LogP contribution in [-0.2, 0) is 10.3 Å². The van der Waals surface area contributed by atoms with Crippen molar-refractivity contribution >= 4 is 89.2 Å². The van der Waals surface area contributed by atoms with Crippen molar-refractivity contribution in [3.63, 3.8) is 0 Å². The minimum absolute atomic E-state index is 0. The van der Waals surface area contributed by atoms with Gasteiger partial charge in [0.2, 0.25) is 0 Å². The van der Waals surface area contributed by atoms with Gasteiger partial charge in [0, 0.05) is 37.8 Å². The van der Waals surface area contributed by atoms with E-state index in [1.165, 1.54) is 24.3 Å². The fourth-order valence-electron chi connectivity index (χ4n) is 3.72. The number of esters is 1. The molecule has 0 fully saturated rings. The van der Waals surface area contributed by atoms with E-state index >= 15 is 0 Å². The van der Waals surface area contributed by atoms with E-state index in [4.69, 9.17) is 9.47 Å². The van der Waals surface area contributed by atoms with Gasteiger partial charge in [-0.05, 0) is 62.2 Å². The van der Waals surface area contributed by atoms with Gasteiger partial charge in [0.05, 0.1) is 5.56 Å². The summed E-state index contributed by atoms with van der Waals surface area (Å²) in [4.78, 5) is 12.9. The Morgan fingerprint density at radius 3 is 1.93 bits per heavy atom. The summed E-state index contributed by atoms with van der Waals surface area (Å²) < 4.78 is 13.2. The molecule has 2 heterocycles. The Labute approximate surface area is 219 Å². The molecule has 3 aromatic carbocycles. The number of hydrogen-bond acceptors (Lipinski definition) is 5. The number of halogens is 2. The molecule has 2 aliphatic rings. The molecule has 5 rings (SSSR count). The summed E-state index contributed by atoms with van der Waals surface area (Å²) in [6.07, 6.45) is 0. The second kappa shape index (κ2) is 7.12. The molecule has 0 aliphatic carbocycles. The number of carbonyl (C=O) groups is 1. The van der Waals surface area contributed by atoms with Crippen LogP contribution in [0, 0.1) is 0 Å². The number of hydrogen-bond donors (Lipinski definition) is 2. The van der Waals surface area contributed by atoms with E-state index < -0.39 is 11.6 Å². The molecule has 0 atom stereocenters. The van der Waals surface area contributed by atoms with E-state index in [2.05, 4.69) is 31.9 Å².